The van der Waals surface area contributed by atoms with Gasteiger partial charge in [0.1, 0.15) is 16.7 Å². The first kappa shape index (κ1) is 19.6. The van der Waals surface area contributed by atoms with E-state index in [-0.39, 0.29) is 28.3 Å². The summed E-state index contributed by atoms with van der Waals surface area (Å²) in [5.74, 6) is -1.80. The molecule has 0 saturated heterocycles. The highest BCUT2D eigenvalue weighted by Crippen LogP contribution is 2.31. The lowest BCUT2D eigenvalue weighted by Gasteiger charge is -2.27. The number of amides is 3. The molecule has 0 unspecified atom stereocenters. The number of para-hydroxylation sites is 1. The van der Waals surface area contributed by atoms with Crippen molar-refractivity contribution in [1.82, 2.24) is 10.6 Å². The normalized spacial score (nSPS) is 15.9. The summed E-state index contributed by atoms with van der Waals surface area (Å²) < 4.78 is 9.87. The molecular formula is C18H16N4O7. The molecule has 0 bridgehead atoms. The van der Waals surface area contributed by atoms with E-state index in [0.717, 1.165) is 6.07 Å². The van der Waals surface area contributed by atoms with Crippen LogP contribution in [-0.2, 0) is 9.53 Å². The molecule has 11 heteroatoms. The van der Waals surface area contributed by atoms with Crippen molar-refractivity contribution in [3.05, 3.63) is 69.1 Å². The maximum absolute atomic E-state index is 13.0. The number of urea groups is 1. The van der Waals surface area contributed by atoms with Gasteiger partial charge in [0.15, 0.2) is 0 Å². The topological polar surface area (TPSA) is 153 Å². The standard InChI is InChI=1S/C18H16N4O7/c1-9-14(16(23)20-11-6-4-3-5-10(11)17(24)28-2)15(21-18(25)19-9)12-7-8-13(29-12)22(26)27/h3-8,15H,1-2H3,(H,20,23)(H2,19,21,25)/t15-/m1/s1. The first-order valence-corrected chi connectivity index (χ1v) is 8.33. The molecule has 1 aromatic carbocycles. The van der Waals surface area contributed by atoms with Gasteiger partial charge in [0.05, 0.1) is 30.0 Å². The van der Waals surface area contributed by atoms with Crippen LogP contribution < -0.4 is 16.0 Å². The summed E-state index contributed by atoms with van der Waals surface area (Å²) in [5.41, 5.74) is 0.629. The third kappa shape index (κ3) is 3.93. The van der Waals surface area contributed by atoms with Crippen molar-refractivity contribution in [2.75, 3.05) is 12.4 Å². The Bertz CT molecular complexity index is 1040. The number of esters is 1. The van der Waals surface area contributed by atoms with Gasteiger partial charge in [-0.15, -0.1) is 0 Å². The smallest absolute Gasteiger partial charge is 0.433 e. The zero-order valence-electron chi connectivity index (χ0n) is 15.3. The highest BCUT2D eigenvalue weighted by atomic mass is 16.6. The first-order chi connectivity index (χ1) is 13.8. The fourth-order valence-electron chi connectivity index (χ4n) is 2.87. The van der Waals surface area contributed by atoms with Crippen LogP contribution in [0.15, 0.2) is 52.1 Å². The molecule has 0 radical (unpaired) electrons. The Morgan fingerprint density at radius 2 is 1.97 bits per heavy atom. The van der Waals surface area contributed by atoms with E-state index in [1.807, 2.05) is 0 Å². The predicted octanol–water partition coefficient (Wildman–Crippen LogP) is 2.24. The van der Waals surface area contributed by atoms with E-state index in [9.17, 15) is 24.5 Å². The van der Waals surface area contributed by atoms with Crippen molar-refractivity contribution in [3.63, 3.8) is 0 Å². The van der Waals surface area contributed by atoms with Gasteiger partial charge >= 0.3 is 17.9 Å². The molecule has 3 rings (SSSR count). The average Bonchev–Trinajstić information content (AvgIpc) is 3.17. The number of hydrogen-bond donors (Lipinski definition) is 3. The van der Waals surface area contributed by atoms with Crippen LogP contribution in [0.2, 0.25) is 0 Å². The molecule has 11 nitrogen and oxygen atoms in total. The number of anilines is 1. The Labute approximate surface area is 163 Å². The molecule has 3 N–H and O–H groups in total. The van der Waals surface area contributed by atoms with Crippen LogP contribution in [-0.4, -0.2) is 29.9 Å². The monoisotopic (exact) mass is 400 g/mol. The van der Waals surface area contributed by atoms with E-state index in [4.69, 9.17) is 9.15 Å². The Morgan fingerprint density at radius 3 is 2.62 bits per heavy atom. The van der Waals surface area contributed by atoms with E-state index in [1.165, 1.54) is 32.2 Å². The number of furan rings is 1. The number of allylic oxidation sites excluding steroid dienone is 1. The molecular weight excluding hydrogens is 384 g/mol. The number of carbonyl (C=O) groups is 3. The molecule has 1 aromatic heterocycles. The Morgan fingerprint density at radius 1 is 1.24 bits per heavy atom. The number of carbonyl (C=O) groups excluding carboxylic acids is 3. The lowest BCUT2D eigenvalue weighted by Crippen LogP contribution is -2.45. The Balaban J connectivity index is 1.96. The zero-order valence-corrected chi connectivity index (χ0v) is 15.3. The van der Waals surface area contributed by atoms with Gasteiger partial charge in [-0.05, 0) is 25.1 Å². The van der Waals surface area contributed by atoms with Crippen molar-refractivity contribution in [2.45, 2.75) is 13.0 Å². The van der Waals surface area contributed by atoms with Crippen LogP contribution in [0.3, 0.4) is 0 Å². The molecule has 29 heavy (non-hydrogen) atoms. The molecule has 1 aliphatic rings. The molecule has 1 aliphatic heterocycles. The fraction of sp³-hybridized carbons (Fsp3) is 0.167. The predicted molar refractivity (Wildman–Crippen MR) is 98.9 cm³/mol. The molecule has 2 heterocycles. The summed E-state index contributed by atoms with van der Waals surface area (Å²) in [4.78, 5) is 46.9. The summed E-state index contributed by atoms with van der Waals surface area (Å²) >= 11 is 0. The molecule has 2 aromatic rings. The van der Waals surface area contributed by atoms with E-state index in [1.54, 1.807) is 12.1 Å². The number of benzene rings is 1. The second-order valence-corrected chi connectivity index (χ2v) is 5.99. The molecule has 1 atom stereocenters. The molecule has 0 saturated carbocycles. The largest absolute Gasteiger partial charge is 0.465 e. The Hall–Kier alpha value is -4.15. The SMILES string of the molecule is COC(=O)c1ccccc1NC(=O)C1=C(C)NC(=O)N[C@@H]1c1ccc([N+](=O)[O-])o1. The van der Waals surface area contributed by atoms with Gasteiger partial charge in [0.2, 0.25) is 0 Å². The minimum Gasteiger partial charge on any atom is -0.465 e. The van der Waals surface area contributed by atoms with E-state index >= 15 is 0 Å². The molecule has 3 amide bonds. The number of rotatable bonds is 5. The number of ether oxygens (including phenoxy) is 1. The van der Waals surface area contributed by atoms with Gasteiger partial charge in [0, 0.05) is 5.70 Å². The number of methoxy groups -OCH3 is 1. The first-order valence-electron chi connectivity index (χ1n) is 8.33. The van der Waals surface area contributed by atoms with Crippen molar-refractivity contribution in [3.8, 4) is 0 Å². The highest BCUT2D eigenvalue weighted by Gasteiger charge is 2.34. The average molecular weight is 400 g/mol. The second kappa shape index (κ2) is 7.84. The third-order valence-corrected chi connectivity index (χ3v) is 4.17. The fourth-order valence-corrected chi connectivity index (χ4v) is 2.87. The van der Waals surface area contributed by atoms with Gasteiger partial charge in [-0.2, -0.15) is 0 Å². The van der Waals surface area contributed by atoms with Crippen molar-refractivity contribution in [2.24, 2.45) is 0 Å². The van der Waals surface area contributed by atoms with E-state index in [0.29, 0.717) is 0 Å². The van der Waals surface area contributed by atoms with Gasteiger partial charge in [-0.3, -0.25) is 14.9 Å². The lowest BCUT2D eigenvalue weighted by molar-refractivity contribution is -0.402. The van der Waals surface area contributed by atoms with Crippen LogP contribution in [0, 0.1) is 10.1 Å². The Kier molecular flexibility index (Phi) is 5.30. The van der Waals surface area contributed by atoms with Gasteiger partial charge < -0.3 is 25.1 Å². The van der Waals surface area contributed by atoms with Crippen LogP contribution in [0.1, 0.15) is 29.1 Å². The zero-order chi connectivity index (χ0) is 21.1. The number of nitrogens with one attached hydrogen (secondary N) is 3. The number of nitrogens with zero attached hydrogens (tertiary/aromatic N) is 1. The molecule has 150 valence electrons. The summed E-state index contributed by atoms with van der Waals surface area (Å²) in [7, 11) is 1.22. The van der Waals surface area contributed by atoms with Crippen LogP contribution in [0.4, 0.5) is 16.4 Å². The minimum absolute atomic E-state index is 0.0114. The van der Waals surface area contributed by atoms with Crippen molar-refractivity contribution >= 4 is 29.5 Å². The van der Waals surface area contributed by atoms with Gasteiger partial charge in [-0.25, -0.2) is 9.59 Å². The molecule has 0 spiro atoms. The van der Waals surface area contributed by atoms with Crippen LogP contribution in [0.25, 0.3) is 0 Å². The van der Waals surface area contributed by atoms with Crippen molar-refractivity contribution < 1.29 is 28.5 Å². The lowest BCUT2D eigenvalue weighted by atomic mass is 9.99. The van der Waals surface area contributed by atoms with Gasteiger partial charge in [-0.1, -0.05) is 12.1 Å². The third-order valence-electron chi connectivity index (χ3n) is 4.17. The van der Waals surface area contributed by atoms with Crippen LogP contribution >= 0.6 is 0 Å². The quantitative estimate of drug-likeness (QED) is 0.395. The summed E-state index contributed by atoms with van der Waals surface area (Å²) in [5, 5.41) is 18.5. The maximum Gasteiger partial charge on any atom is 0.433 e. The summed E-state index contributed by atoms with van der Waals surface area (Å²) in [6, 6.07) is 6.99. The number of nitro groups is 1. The minimum atomic E-state index is -1.07. The van der Waals surface area contributed by atoms with Gasteiger partial charge in [0.25, 0.3) is 5.91 Å². The second-order valence-electron chi connectivity index (χ2n) is 5.99. The molecule has 0 fully saturated rings. The summed E-state index contributed by atoms with van der Waals surface area (Å²) in [6.07, 6.45) is 0. The summed E-state index contributed by atoms with van der Waals surface area (Å²) in [6.45, 7) is 1.50. The highest BCUT2D eigenvalue weighted by molar-refractivity contribution is 6.09. The maximum atomic E-state index is 13.0. The van der Waals surface area contributed by atoms with Crippen LogP contribution in [0.5, 0.6) is 0 Å². The van der Waals surface area contributed by atoms with E-state index in [2.05, 4.69) is 16.0 Å². The van der Waals surface area contributed by atoms with E-state index < -0.39 is 34.8 Å². The van der Waals surface area contributed by atoms with Crippen molar-refractivity contribution in [1.29, 1.82) is 0 Å². The number of hydrogen-bond acceptors (Lipinski definition) is 7. The molecule has 0 aliphatic carbocycles.